The first-order valence-corrected chi connectivity index (χ1v) is 9.09. The molecule has 1 aromatic carbocycles. The highest BCUT2D eigenvalue weighted by Crippen LogP contribution is 2.31. The lowest BCUT2D eigenvalue weighted by Gasteiger charge is -2.27. The minimum atomic E-state index is -4.46. The molecule has 4 rings (SSSR count). The number of nitrogens with one attached hydrogen (secondary N) is 1. The fourth-order valence-electron chi connectivity index (χ4n) is 2.76. The van der Waals surface area contributed by atoms with Gasteiger partial charge < -0.3 is 19.7 Å². The van der Waals surface area contributed by atoms with E-state index in [2.05, 4.69) is 25.3 Å². The van der Waals surface area contributed by atoms with E-state index in [1.165, 1.54) is 12.1 Å². The molecule has 0 atom stereocenters. The molecule has 0 bridgehead atoms. The highest BCUT2D eigenvalue weighted by atomic mass is 19.4. The molecular formula is C19H17F3N6O2. The normalized spacial score (nSPS) is 14.4. The first-order valence-electron chi connectivity index (χ1n) is 9.09. The molecule has 1 N–H and O–H groups in total. The summed E-state index contributed by atoms with van der Waals surface area (Å²) >= 11 is 0. The van der Waals surface area contributed by atoms with Crippen LogP contribution in [0.5, 0.6) is 11.9 Å². The van der Waals surface area contributed by atoms with Crippen molar-refractivity contribution in [2.75, 3.05) is 36.5 Å². The zero-order chi connectivity index (χ0) is 21.0. The van der Waals surface area contributed by atoms with E-state index in [4.69, 9.17) is 9.47 Å². The van der Waals surface area contributed by atoms with Gasteiger partial charge in [0.05, 0.1) is 18.8 Å². The van der Waals surface area contributed by atoms with Crippen molar-refractivity contribution in [3.63, 3.8) is 0 Å². The molecule has 0 spiro atoms. The molecule has 1 aliphatic rings. The minimum absolute atomic E-state index is 0.0281. The van der Waals surface area contributed by atoms with Crippen molar-refractivity contribution in [1.29, 1.82) is 0 Å². The van der Waals surface area contributed by atoms with E-state index in [1.54, 1.807) is 24.4 Å². The lowest BCUT2D eigenvalue weighted by molar-refractivity contribution is -0.137. The molecule has 3 aromatic rings. The summed E-state index contributed by atoms with van der Waals surface area (Å²) in [5.74, 6) is 0.659. The van der Waals surface area contributed by atoms with Gasteiger partial charge in [0.1, 0.15) is 0 Å². The summed E-state index contributed by atoms with van der Waals surface area (Å²) in [7, 11) is 0. The maximum atomic E-state index is 13.0. The van der Waals surface area contributed by atoms with Crippen LogP contribution >= 0.6 is 0 Å². The van der Waals surface area contributed by atoms with Crippen LogP contribution < -0.4 is 15.0 Å². The molecule has 1 aliphatic heterocycles. The SMILES string of the molecule is FC(F)(F)c1cccc(Nc2nc(Oc3ccccn3)nc(N3CCOCC3)n2)c1. The number of ether oxygens (including phenoxy) is 2. The molecule has 156 valence electrons. The molecule has 11 heteroatoms. The zero-order valence-corrected chi connectivity index (χ0v) is 15.6. The van der Waals surface area contributed by atoms with Crippen LogP contribution in [0.15, 0.2) is 48.7 Å². The summed E-state index contributed by atoms with van der Waals surface area (Å²) in [6.45, 7) is 2.16. The van der Waals surface area contributed by atoms with Crippen LogP contribution in [-0.2, 0) is 10.9 Å². The maximum Gasteiger partial charge on any atom is 0.416 e. The van der Waals surface area contributed by atoms with Crippen molar-refractivity contribution in [3.8, 4) is 11.9 Å². The predicted molar refractivity (Wildman–Crippen MR) is 102 cm³/mol. The second-order valence-electron chi connectivity index (χ2n) is 6.31. The van der Waals surface area contributed by atoms with E-state index in [-0.39, 0.29) is 23.5 Å². The number of hydrogen-bond donors (Lipinski definition) is 1. The number of alkyl halides is 3. The lowest BCUT2D eigenvalue weighted by Crippen LogP contribution is -2.37. The largest absolute Gasteiger partial charge is 0.416 e. The third kappa shape index (κ3) is 4.92. The molecule has 8 nitrogen and oxygen atoms in total. The number of rotatable bonds is 5. The summed E-state index contributed by atoms with van der Waals surface area (Å²) in [6.07, 6.45) is -2.90. The molecular weight excluding hydrogens is 401 g/mol. The first-order chi connectivity index (χ1) is 14.5. The molecule has 0 radical (unpaired) electrons. The van der Waals surface area contributed by atoms with E-state index < -0.39 is 11.7 Å². The van der Waals surface area contributed by atoms with Crippen molar-refractivity contribution in [1.82, 2.24) is 19.9 Å². The molecule has 30 heavy (non-hydrogen) atoms. The molecule has 3 heterocycles. The van der Waals surface area contributed by atoms with E-state index in [9.17, 15) is 13.2 Å². The first kappa shape index (κ1) is 19.8. The van der Waals surface area contributed by atoms with E-state index in [0.717, 1.165) is 12.1 Å². The van der Waals surface area contributed by atoms with Gasteiger partial charge in [-0.1, -0.05) is 12.1 Å². The molecule has 1 fully saturated rings. The summed E-state index contributed by atoms with van der Waals surface area (Å²) < 4.78 is 50.0. The second kappa shape index (κ2) is 8.49. The smallest absolute Gasteiger partial charge is 0.405 e. The van der Waals surface area contributed by atoms with Gasteiger partial charge in [-0.15, -0.1) is 0 Å². The maximum absolute atomic E-state index is 13.0. The van der Waals surface area contributed by atoms with Crippen LogP contribution in [0.25, 0.3) is 0 Å². The molecule has 2 aromatic heterocycles. The fraction of sp³-hybridized carbons (Fsp3) is 0.263. The Kier molecular flexibility index (Phi) is 5.61. The topological polar surface area (TPSA) is 85.3 Å². The van der Waals surface area contributed by atoms with Gasteiger partial charge >= 0.3 is 12.2 Å². The van der Waals surface area contributed by atoms with Gasteiger partial charge in [0.15, 0.2) is 0 Å². The predicted octanol–water partition coefficient (Wildman–Crippen LogP) is 3.66. The number of hydrogen-bond acceptors (Lipinski definition) is 8. The van der Waals surface area contributed by atoms with E-state index in [0.29, 0.717) is 32.3 Å². The van der Waals surface area contributed by atoms with Gasteiger partial charge in [-0.3, -0.25) is 0 Å². The van der Waals surface area contributed by atoms with Crippen LogP contribution in [-0.4, -0.2) is 46.2 Å². The quantitative estimate of drug-likeness (QED) is 0.672. The van der Waals surface area contributed by atoms with Crippen molar-refractivity contribution in [2.24, 2.45) is 0 Å². The number of benzene rings is 1. The number of anilines is 3. The molecule has 0 aliphatic carbocycles. The van der Waals surface area contributed by atoms with Crippen LogP contribution in [0.1, 0.15) is 5.56 Å². The fourth-order valence-corrected chi connectivity index (χ4v) is 2.76. The van der Waals surface area contributed by atoms with Gasteiger partial charge in [-0.2, -0.15) is 28.1 Å². The summed E-state index contributed by atoms with van der Waals surface area (Å²) in [5, 5.41) is 2.80. The van der Waals surface area contributed by atoms with Crippen molar-refractivity contribution >= 4 is 17.6 Å². The van der Waals surface area contributed by atoms with Crippen LogP contribution in [0.2, 0.25) is 0 Å². The average Bonchev–Trinajstić information content (AvgIpc) is 2.74. The Labute approximate surface area is 169 Å². The summed E-state index contributed by atoms with van der Waals surface area (Å²) in [5.41, 5.74) is -0.590. The van der Waals surface area contributed by atoms with Gasteiger partial charge in [0.25, 0.3) is 0 Å². The van der Waals surface area contributed by atoms with Gasteiger partial charge in [0.2, 0.25) is 17.8 Å². The van der Waals surface area contributed by atoms with Gasteiger partial charge in [0, 0.05) is 31.0 Å². The number of nitrogens with zero attached hydrogens (tertiary/aromatic N) is 5. The van der Waals surface area contributed by atoms with E-state index in [1.807, 2.05) is 4.90 Å². The monoisotopic (exact) mass is 418 g/mol. The Morgan fingerprint density at radius 1 is 1.00 bits per heavy atom. The van der Waals surface area contributed by atoms with Crippen LogP contribution in [0, 0.1) is 0 Å². The van der Waals surface area contributed by atoms with Crippen molar-refractivity contribution in [2.45, 2.75) is 6.18 Å². The van der Waals surface area contributed by atoms with Crippen LogP contribution in [0.4, 0.5) is 30.8 Å². The molecule has 0 unspecified atom stereocenters. The number of aromatic nitrogens is 4. The second-order valence-corrected chi connectivity index (χ2v) is 6.31. The minimum Gasteiger partial charge on any atom is -0.405 e. The number of halogens is 3. The third-order valence-corrected chi connectivity index (χ3v) is 4.18. The van der Waals surface area contributed by atoms with Gasteiger partial charge in [-0.25, -0.2) is 4.98 Å². The lowest BCUT2D eigenvalue weighted by atomic mass is 10.2. The summed E-state index contributed by atoms with van der Waals surface area (Å²) in [6, 6.07) is 9.87. The highest BCUT2D eigenvalue weighted by Gasteiger charge is 2.30. The van der Waals surface area contributed by atoms with Gasteiger partial charge in [-0.05, 0) is 24.3 Å². The molecule has 0 saturated carbocycles. The third-order valence-electron chi connectivity index (χ3n) is 4.18. The average molecular weight is 418 g/mol. The van der Waals surface area contributed by atoms with Crippen molar-refractivity contribution < 1.29 is 22.6 Å². The van der Waals surface area contributed by atoms with Crippen LogP contribution in [0.3, 0.4) is 0 Å². The Hall–Kier alpha value is -3.47. The Bertz CT molecular complexity index is 997. The number of morpholine rings is 1. The summed E-state index contributed by atoms with van der Waals surface area (Å²) in [4.78, 5) is 18.8. The highest BCUT2D eigenvalue weighted by molar-refractivity contribution is 5.56. The zero-order valence-electron chi connectivity index (χ0n) is 15.6. The number of pyridine rings is 1. The standard InChI is InChI=1S/C19H17F3N6O2/c20-19(21,22)13-4-3-5-14(12-13)24-16-25-17(28-8-10-29-11-9-28)27-18(26-16)30-15-6-1-2-7-23-15/h1-7,12H,8-11H2,(H,24,25,26,27). The molecule has 0 amide bonds. The Morgan fingerprint density at radius 2 is 1.83 bits per heavy atom. The van der Waals surface area contributed by atoms with Crippen molar-refractivity contribution in [3.05, 3.63) is 54.2 Å². The Morgan fingerprint density at radius 3 is 2.57 bits per heavy atom. The van der Waals surface area contributed by atoms with E-state index >= 15 is 0 Å². The molecule has 1 saturated heterocycles. The Balaban J connectivity index is 1.65.